The van der Waals surface area contributed by atoms with E-state index in [0.29, 0.717) is 23.2 Å². The number of benzene rings is 1. The molecule has 1 atom stereocenters. The summed E-state index contributed by atoms with van der Waals surface area (Å²) >= 11 is 7.42. The maximum atomic E-state index is 10.9. The molecule has 0 radical (unpaired) electrons. The molecule has 126 valence electrons. The van der Waals surface area contributed by atoms with E-state index in [2.05, 4.69) is 25.8 Å². The highest BCUT2D eigenvalue weighted by Gasteiger charge is 2.25. The molecule has 0 amide bonds. The average molecular weight is 372 g/mol. The lowest BCUT2D eigenvalue weighted by molar-refractivity contribution is 0.216. The summed E-state index contributed by atoms with van der Waals surface area (Å²) in [4.78, 5) is 13.9. The van der Waals surface area contributed by atoms with E-state index in [1.54, 1.807) is 36.7 Å². The number of aliphatic hydroxyl groups is 1. The Balaban J connectivity index is 1.79. The number of pyridine rings is 1. The van der Waals surface area contributed by atoms with Crippen molar-refractivity contribution >= 4 is 28.8 Å². The van der Waals surface area contributed by atoms with Crippen LogP contribution in [0.1, 0.15) is 22.2 Å². The number of aliphatic hydroxyl groups excluding tert-OH is 1. The molecule has 6 nitrogen and oxygen atoms in total. The summed E-state index contributed by atoms with van der Waals surface area (Å²) in [6, 6.07) is 10.9. The molecule has 0 aliphatic carbocycles. The number of thiazole rings is 1. The number of hydrogen-bond acceptors (Lipinski definition) is 7. The van der Waals surface area contributed by atoms with Crippen molar-refractivity contribution in [2.24, 2.45) is 4.99 Å². The van der Waals surface area contributed by atoms with Crippen molar-refractivity contribution in [3.05, 3.63) is 69.9 Å². The van der Waals surface area contributed by atoms with Crippen molar-refractivity contribution in [1.29, 1.82) is 0 Å². The zero-order chi connectivity index (χ0) is 17.2. The Bertz CT molecular complexity index is 911. The van der Waals surface area contributed by atoms with Gasteiger partial charge in [-0.15, -0.1) is 11.3 Å². The Hall–Kier alpha value is -2.32. The molecule has 3 N–H and O–H groups in total. The second kappa shape index (κ2) is 6.89. The maximum Gasteiger partial charge on any atom is 0.156 e. The van der Waals surface area contributed by atoms with Gasteiger partial charge in [0.25, 0.3) is 0 Å². The van der Waals surface area contributed by atoms with Crippen molar-refractivity contribution in [3.8, 4) is 10.6 Å². The number of halogens is 1. The highest BCUT2D eigenvalue weighted by Crippen LogP contribution is 2.34. The SMILES string of the molecule is OC(c1ccc(Cl)cc1)c1nc(-c2ccncc2)sc1C1=NCNN1. The van der Waals surface area contributed by atoms with Crippen LogP contribution in [0, 0.1) is 0 Å². The van der Waals surface area contributed by atoms with Gasteiger partial charge in [0.2, 0.25) is 0 Å². The summed E-state index contributed by atoms with van der Waals surface area (Å²) in [6.07, 6.45) is 2.57. The zero-order valence-electron chi connectivity index (χ0n) is 13.0. The molecule has 0 bridgehead atoms. The van der Waals surface area contributed by atoms with Gasteiger partial charge in [0.05, 0.1) is 10.6 Å². The Kier molecular flexibility index (Phi) is 4.46. The highest BCUT2D eigenvalue weighted by molar-refractivity contribution is 7.17. The predicted octanol–water partition coefficient (Wildman–Crippen LogP) is 2.75. The summed E-state index contributed by atoms with van der Waals surface area (Å²) in [6.45, 7) is 0.480. The summed E-state index contributed by atoms with van der Waals surface area (Å²) in [5.41, 5.74) is 8.21. The lowest BCUT2D eigenvalue weighted by atomic mass is 10.1. The van der Waals surface area contributed by atoms with E-state index in [1.807, 2.05) is 12.1 Å². The second-order valence-electron chi connectivity index (χ2n) is 5.39. The minimum absolute atomic E-state index is 0.480. The Labute approximate surface area is 153 Å². The summed E-state index contributed by atoms with van der Waals surface area (Å²) in [5, 5.41) is 12.3. The third-order valence-electron chi connectivity index (χ3n) is 3.76. The molecule has 3 heterocycles. The number of rotatable bonds is 4. The molecule has 4 rings (SSSR count). The quantitative estimate of drug-likeness (QED) is 0.657. The smallest absolute Gasteiger partial charge is 0.156 e. The van der Waals surface area contributed by atoms with Crippen LogP contribution in [0.3, 0.4) is 0 Å². The van der Waals surface area contributed by atoms with Gasteiger partial charge in [-0.3, -0.25) is 4.98 Å². The molecule has 25 heavy (non-hydrogen) atoms. The molecule has 0 spiro atoms. The second-order valence-corrected chi connectivity index (χ2v) is 6.83. The van der Waals surface area contributed by atoms with Gasteiger partial charge in [-0.25, -0.2) is 15.4 Å². The number of nitrogens with one attached hydrogen (secondary N) is 2. The van der Waals surface area contributed by atoms with Gasteiger partial charge in [-0.05, 0) is 29.8 Å². The first-order chi connectivity index (χ1) is 12.2. The molecular weight excluding hydrogens is 358 g/mol. The molecular formula is C17H14ClN5OS. The number of aromatic nitrogens is 2. The third kappa shape index (κ3) is 3.27. The fourth-order valence-corrected chi connectivity index (χ4v) is 3.71. The van der Waals surface area contributed by atoms with Gasteiger partial charge in [0.15, 0.2) is 5.84 Å². The van der Waals surface area contributed by atoms with E-state index >= 15 is 0 Å². The van der Waals surface area contributed by atoms with Crippen LogP contribution in [-0.2, 0) is 0 Å². The lowest BCUT2D eigenvalue weighted by Crippen LogP contribution is -2.30. The minimum atomic E-state index is -0.871. The fraction of sp³-hybridized carbons (Fsp3) is 0.118. The highest BCUT2D eigenvalue weighted by atomic mass is 35.5. The third-order valence-corrected chi connectivity index (χ3v) is 5.14. The summed E-state index contributed by atoms with van der Waals surface area (Å²) in [5.74, 6) is 0.681. The van der Waals surface area contributed by atoms with Crippen LogP contribution in [0.15, 0.2) is 53.8 Å². The van der Waals surface area contributed by atoms with Crippen molar-refractivity contribution in [3.63, 3.8) is 0 Å². The number of aliphatic imine (C=N–C) groups is 1. The Morgan fingerprint density at radius 1 is 1.12 bits per heavy atom. The van der Waals surface area contributed by atoms with Crippen LogP contribution < -0.4 is 10.9 Å². The number of amidine groups is 1. The maximum absolute atomic E-state index is 10.9. The summed E-state index contributed by atoms with van der Waals surface area (Å²) in [7, 11) is 0. The van der Waals surface area contributed by atoms with Crippen molar-refractivity contribution in [1.82, 2.24) is 20.8 Å². The van der Waals surface area contributed by atoms with Crippen LogP contribution in [0.2, 0.25) is 5.02 Å². The summed E-state index contributed by atoms with van der Waals surface area (Å²) < 4.78 is 0. The normalized spacial score (nSPS) is 14.9. The van der Waals surface area contributed by atoms with Crippen LogP contribution in [0.5, 0.6) is 0 Å². The van der Waals surface area contributed by atoms with Crippen LogP contribution in [0.25, 0.3) is 10.6 Å². The predicted molar refractivity (Wildman–Crippen MR) is 98.5 cm³/mol. The molecule has 8 heteroatoms. The van der Waals surface area contributed by atoms with E-state index in [0.717, 1.165) is 21.0 Å². The molecule has 1 unspecified atom stereocenters. The molecule has 0 saturated carbocycles. The molecule has 0 saturated heterocycles. The van der Waals surface area contributed by atoms with Gasteiger partial charge in [-0.1, -0.05) is 23.7 Å². The van der Waals surface area contributed by atoms with Crippen molar-refractivity contribution in [2.75, 3.05) is 6.67 Å². The first kappa shape index (κ1) is 16.2. The monoisotopic (exact) mass is 371 g/mol. The molecule has 1 aromatic carbocycles. The zero-order valence-corrected chi connectivity index (χ0v) is 14.6. The molecule has 1 aliphatic rings. The van der Waals surface area contributed by atoms with Crippen LogP contribution >= 0.6 is 22.9 Å². The number of nitrogens with zero attached hydrogens (tertiary/aromatic N) is 3. The van der Waals surface area contributed by atoms with Gasteiger partial charge < -0.3 is 10.5 Å². The average Bonchev–Trinajstić information content (AvgIpc) is 3.32. The van der Waals surface area contributed by atoms with E-state index < -0.39 is 6.10 Å². The van der Waals surface area contributed by atoms with E-state index in [4.69, 9.17) is 11.6 Å². The van der Waals surface area contributed by atoms with Gasteiger partial charge in [-0.2, -0.15) is 0 Å². The standard InChI is InChI=1S/C17H14ClN5OS/c18-12-3-1-10(2-4-12)14(24)13-15(16-20-9-21-23-16)25-17(22-13)11-5-7-19-8-6-11/h1-8,14,21,24H,9H2,(H,20,23). The van der Waals surface area contributed by atoms with Gasteiger partial charge in [0.1, 0.15) is 17.8 Å². The van der Waals surface area contributed by atoms with E-state index in [9.17, 15) is 5.11 Å². The molecule has 3 aromatic rings. The number of hydrazine groups is 1. The first-order valence-electron chi connectivity index (χ1n) is 7.61. The minimum Gasteiger partial charge on any atom is -0.382 e. The lowest BCUT2D eigenvalue weighted by Gasteiger charge is -2.11. The van der Waals surface area contributed by atoms with Crippen LogP contribution in [-0.4, -0.2) is 27.6 Å². The van der Waals surface area contributed by atoms with E-state index in [-0.39, 0.29) is 0 Å². The Morgan fingerprint density at radius 3 is 2.56 bits per heavy atom. The van der Waals surface area contributed by atoms with Crippen molar-refractivity contribution in [2.45, 2.75) is 6.10 Å². The number of hydrogen-bond donors (Lipinski definition) is 3. The molecule has 2 aromatic heterocycles. The molecule has 0 fully saturated rings. The fourth-order valence-electron chi connectivity index (χ4n) is 2.52. The van der Waals surface area contributed by atoms with Crippen molar-refractivity contribution < 1.29 is 5.11 Å². The Morgan fingerprint density at radius 2 is 1.88 bits per heavy atom. The largest absolute Gasteiger partial charge is 0.382 e. The topological polar surface area (TPSA) is 82.4 Å². The van der Waals surface area contributed by atoms with Gasteiger partial charge in [0, 0.05) is 23.0 Å². The first-order valence-corrected chi connectivity index (χ1v) is 8.80. The molecule has 1 aliphatic heterocycles. The van der Waals surface area contributed by atoms with Gasteiger partial charge >= 0.3 is 0 Å². The van der Waals surface area contributed by atoms with Crippen LogP contribution in [0.4, 0.5) is 0 Å². The van der Waals surface area contributed by atoms with E-state index in [1.165, 1.54) is 11.3 Å².